The first-order valence-electron chi connectivity index (χ1n) is 9.80. The van der Waals surface area contributed by atoms with Crippen molar-refractivity contribution in [1.82, 2.24) is 5.32 Å². The Morgan fingerprint density at radius 3 is 2.65 bits per heavy atom. The minimum Gasteiger partial charge on any atom is -0.497 e. The van der Waals surface area contributed by atoms with Gasteiger partial charge in [0.1, 0.15) is 23.6 Å². The average Bonchev–Trinajstić information content (AvgIpc) is 2.66. The molecule has 0 aliphatic carbocycles. The largest absolute Gasteiger partial charge is 0.497 e. The second-order valence-corrected chi connectivity index (χ2v) is 10.6. The van der Waals surface area contributed by atoms with Gasteiger partial charge >= 0.3 is 0 Å². The lowest BCUT2D eigenvalue weighted by Gasteiger charge is -2.38. The van der Waals surface area contributed by atoms with E-state index in [1.807, 2.05) is 19.9 Å². The lowest BCUT2D eigenvalue weighted by atomic mass is 9.89. The molecule has 1 amide bonds. The first-order valence-corrected chi connectivity index (χ1v) is 12.0. The summed E-state index contributed by atoms with van der Waals surface area (Å²) in [6, 6.07) is 10.0. The molecule has 1 aliphatic rings. The van der Waals surface area contributed by atoms with E-state index in [1.165, 1.54) is 0 Å². The van der Waals surface area contributed by atoms with Crippen LogP contribution in [0.25, 0.3) is 0 Å². The third-order valence-electron chi connectivity index (χ3n) is 5.14. The Hall–Kier alpha value is -2.45. The average molecular weight is 467 g/mol. The predicted molar refractivity (Wildman–Crippen MR) is 122 cm³/mol. The SMILES string of the molecule is COc1ccc2c(c1)OC(C)(C)CC2NC(=O)CN(c1cc(Cl)ccc1C)S(C)(=O)=O. The van der Waals surface area contributed by atoms with E-state index in [1.54, 1.807) is 44.4 Å². The molecule has 0 radical (unpaired) electrons. The van der Waals surface area contributed by atoms with Gasteiger partial charge in [0.25, 0.3) is 0 Å². The second kappa shape index (κ2) is 8.59. The third kappa shape index (κ3) is 5.43. The summed E-state index contributed by atoms with van der Waals surface area (Å²) in [5.74, 6) is 0.863. The summed E-state index contributed by atoms with van der Waals surface area (Å²) in [7, 11) is -2.14. The number of carbonyl (C=O) groups excluding carboxylic acids is 1. The van der Waals surface area contributed by atoms with Gasteiger partial charge in [0.15, 0.2) is 0 Å². The number of fused-ring (bicyclic) bond motifs is 1. The zero-order valence-corrected chi connectivity index (χ0v) is 19.8. The van der Waals surface area contributed by atoms with Gasteiger partial charge in [0, 0.05) is 23.1 Å². The zero-order valence-electron chi connectivity index (χ0n) is 18.2. The van der Waals surface area contributed by atoms with Gasteiger partial charge in [0.05, 0.1) is 25.1 Å². The maximum atomic E-state index is 13.0. The first kappa shape index (κ1) is 23.2. The van der Waals surface area contributed by atoms with E-state index in [9.17, 15) is 13.2 Å². The fourth-order valence-corrected chi connectivity index (χ4v) is 4.76. The van der Waals surface area contributed by atoms with Crippen LogP contribution in [0.5, 0.6) is 11.5 Å². The van der Waals surface area contributed by atoms with Gasteiger partial charge in [-0.1, -0.05) is 17.7 Å². The van der Waals surface area contributed by atoms with Gasteiger partial charge in [-0.15, -0.1) is 0 Å². The second-order valence-electron chi connectivity index (χ2n) is 8.29. The normalized spacial score (nSPS) is 17.3. The van der Waals surface area contributed by atoms with E-state index in [4.69, 9.17) is 21.1 Å². The number of amides is 1. The number of hydrogen-bond acceptors (Lipinski definition) is 5. The van der Waals surface area contributed by atoms with Crippen molar-refractivity contribution < 1.29 is 22.7 Å². The summed E-state index contributed by atoms with van der Waals surface area (Å²) < 4.78 is 37.3. The summed E-state index contributed by atoms with van der Waals surface area (Å²) in [6.07, 6.45) is 1.60. The highest BCUT2D eigenvalue weighted by Crippen LogP contribution is 2.41. The van der Waals surface area contributed by atoms with Gasteiger partial charge in [-0.2, -0.15) is 0 Å². The molecule has 2 aromatic rings. The minimum atomic E-state index is -3.71. The lowest BCUT2D eigenvalue weighted by Crippen LogP contribution is -2.45. The van der Waals surface area contributed by atoms with Gasteiger partial charge in [0.2, 0.25) is 15.9 Å². The fraction of sp³-hybridized carbons (Fsp3) is 0.409. The molecule has 3 rings (SSSR count). The molecule has 9 heteroatoms. The Bertz CT molecular complexity index is 1100. The van der Waals surface area contributed by atoms with E-state index in [-0.39, 0.29) is 12.6 Å². The van der Waals surface area contributed by atoms with Crippen LogP contribution in [0.1, 0.15) is 37.4 Å². The number of anilines is 1. The Balaban J connectivity index is 1.87. The van der Waals surface area contributed by atoms with Crippen molar-refractivity contribution in [3.8, 4) is 11.5 Å². The molecule has 0 bridgehead atoms. The molecule has 1 N–H and O–H groups in total. The summed E-state index contributed by atoms with van der Waals surface area (Å²) in [4.78, 5) is 13.0. The van der Waals surface area contributed by atoms with E-state index >= 15 is 0 Å². The van der Waals surface area contributed by atoms with Crippen LogP contribution in [0.15, 0.2) is 36.4 Å². The summed E-state index contributed by atoms with van der Waals surface area (Å²) in [5, 5.41) is 3.37. The molecule has 2 aromatic carbocycles. The Kier molecular flexibility index (Phi) is 6.43. The molecule has 31 heavy (non-hydrogen) atoms. The number of nitrogens with zero attached hydrogens (tertiary/aromatic N) is 1. The molecule has 0 spiro atoms. The van der Waals surface area contributed by atoms with Gasteiger partial charge < -0.3 is 14.8 Å². The van der Waals surface area contributed by atoms with Crippen molar-refractivity contribution in [3.05, 3.63) is 52.5 Å². The monoisotopic (exact) mass is 466 g/mol. The predicted octanol–water partition coefficient (Wildman–Crippen LogP) is 3.84. The zero-order chi connectivity index (χ0) is 23.0. The molecule has 0 fully saturated rings. The number of hydrogen-bond donors (Lipinski definition) is 1. The Morgan fingerprint density at radius 2 is 2.00 bits per heavy atom. The Labute approximate surface area is 188 Å². The van der Waals surface area contributed by atoms with E-state index < -0.39 is 21.5 Å². The van der Waals surface area contributed by atoms with Gasteiger partial charge in [-0.25, -0.2) is 8.42 Å². The maximum absolute atomic E-state index is 13.0. The van der Waals surface area contributed by atoms with Crippen molar-refractivity contribution in [3.63, 3.8) is 0 Å². The van der Waals surface area contributed by atoms with E-state index in [0.29, 0.717) is 34.2 Å². The van der Waals surface area contributed by atoms with Crippen LogP contribution in [-0.2, 0) is 14.8 Å². The lowest BCUT2D eigenvalue weighted by molar-refractivity contribution is -0.120. The van der Waals surface area contributed by atoms with E-state index in [2.05, 4.69) is 5.32 Å². The molecular formula is C22H27ClN2O5S. The summed E-state index contributed by atoms with van der Waals surface area (Å²) in [6.45, 7) is 5.29. The molecule has 1 atom stereocenters. The first-order chi connectivity index (χ1) is 14.4. The van der Waals surface area contributed by atoms with Gasteiger partial charge in [-0.3, -0.25) is 9.10 Å². The smallest absolute Gasteiger partial charge is 0.241 e. The molecular weight excluding hydrogens is 440 g/mol. The number of nitrogens with one attached hydrogen (secondary N) is 1. The maximum Gasteiger partial charge on any atom is 0.241 e. The number of methoxy groups -OCH3 is 1. The Morgan fingerprint density at radius 1 is 1.29 bits per heavy atom. The van der Waals surface area contributed by atoms with Crippen LogP contribution >= 0.6 is 11.6 Å². The topological polar surface area (TPSA) is 84.9 Å². The molecule has 7 nitrogen and oxygen atoms in total. The van der Waals surface area contributed by atoms with Gasteiger partial charge in [-0.05, 0) is 50.6 Å². The standard InChI is InChI=1S/C22H27ClN2O5S/c1-14-6-7-15(23)10-19(14)25(31(5,27)28)13-21(26)24-18-12-22(2,3)30-20-11-16(29-4)8-9-17(18)20/h6-11,18H,12-13H2,1-5H3,(H,24,26). The van der Waals surface area contributed by atoms with Crippen molar-refractivity contribution in [2.45, 2.75) is 38.8 Å². The number of benzene rings is 2. The van der Waals surface area contributed by atoms with Crippen LogP contribution in [0.3, 0.4) is 0 Å². The number of sulfonamides is 1. The quantitative estimate of drug-likeness (QED) is 0.699. The van der Waals surface area contributed by atoms with Crippen molar-refractivity contribution in [2.24, 2.45) is 0 Å². The number of rotatable bonds is 6. The van der Waals surface area contributed by atoms with Crippen molar-refractivity contribution in [1.29, 1.82) is 0 Å². The van der Waals surface area contributed by atoms with Crippen LogP contribution in [0.4, 0.5) is 5.69 Å². The minimum absolute atomic E-state index is 0.334. The number of aryl methyl sites for hydroxylation is 1. The molecule has 0 aromatic heterocycles. The third-order valence-corrected chi connectivity index (χ3v) is 6.50. The highest BCUT2D eigenvalue weighted by molar-refractivity contribution is 7.92. The molecule has 168 valence electrons. The van der Waals surface area contributed by atoms with Crippen LogP contribution in [-0.4, -0.2) is 39.8 Å². The summed E-state index contributed by atoms with van der Waals surface area (Å²) >= 11 is 6.07. The van der Waals surface area contributed by atoms with Crippen LogP contribution in [0.2, 0.25) is 5.02 Å². The van der Waals surface area contributed by atoms with E-state index in [0.717, 1.165) is 16.1 Å². The number of carbonyl (C=O) groups is 1. The number of halogens is 1. The van der Waals surface area contributed by atoms with Crippen molar-refractivity contribution >= 4 is 33.2 Å². The van der Waals surface area contributed by atoms with Crippen molar-refractivity contribution in [2.75, 3.05) is 24.2 Å². The molecule has 0 saturated carbocycles. The van der Waals surface area contributed by atoms with Crippen LogP contribution in [0, 0.1) is 6.92 Å². The molecule has 1 unspecified atom stereocenters. The fourth-order valence-electron chi connectivity index (χ4n) is 3.69. The molecule has 1 heterocycles. The highest BCUT2D eigenvalue weighted by atomic mass is 35.5. The molecule has 1 aliphatic heterocycles. The van der Waals surface area contributed by atoms with Crippen LogP contribution < -0.4 is 19.1 Å². The molecule has 0 saturated heterocycles. The summed E-state index contributed by atoms with van der Waals surface area (Å²) in [5.41, 5.74) is 1.38. The highest BCUT2D eigenvalue weighted by Gasteiger charge is 2.35. The number of ether oxygens (including phenoxy) is 2.